The zero-order valence-electron chi connectivity index (χ0n) is 19.5. The largest absolute Gasteiger partial charge is 0.497 e. The van der Waals surface area contributed by atoms with Crippen LogP contribution in [0.2, 0.25) is 0 Å². The van der Waals surface area contributed by atoms with Crippen LogP contribution in [0.25, 0.3) is 11.1 Å². The smallest absolute Gasteiger partial charge is 0.248 e. The number of hydrogen-bond donors (Lipinski definition) is 1. The van der Waals surface area contributed by atoms with Gasteiger partial charge in [0.1, 0.15) is 5.75 Å². The number of nitrogens with two attached hydrogens (primary N) is 1. The maximum Gasteiger partial charge on any atom is 0.248 e. The predicted octanol–water partition coefficient (Wildman–Crippen LogP) is 3.70. The van der Waals surface area contributed by atoms with E-state index in [1.807, 2.05) is 49.5 Å². The molecule has 1 saturated heterocycles. The van der Waals surface area contributed by atoms with Crippen molar-refractivity contribution in [2.45, 2.75) is 25.3 Å². The number of carbonyl (C=O) groups is 1. The van der Waals surface area contributed by atoms with Gasteiger partial charge in [-0.25, -0.2) is 9.97 Å². The van der Waals surface area contributed by atoms with E-state index in [1.165, 1.54) is 5.56 Å². The molecule has 1 unspecified atom stereocenters. The second kappa shape index (κ2) is 10.0. The van der Waals surface area contributed by atoms with Crippen molar-refractivity contribution < 1.29 is 9.53 Å². The van der Waals surface area contributed by atoms with E-state index in [-0.39, 0.29) is 5.92 Å². The highest BCUT2D eigenvalue weighted by molar-refractivity contribution is 5.93. The Kier molecular flexibility index (Phi) is 6.89. The van der Waals surface area contributed by atoms with Crippen molar-refractivity contribution in [1.82, 2.24) is 14.9 Å². The van der Waals surface area contributed by atoms with Crippen LogP contribution in [0.1, 0.15) is 40.4 Å². The van der Waals surface area contributed by atoms with Gasteiger partial charge in [-0.05, 0) is 54.8 Å². The molecule has 1 atom stereocenters. The highest BCUT2D eigenvalue weighted by Crippen LogP contribution is 2.34. The molecule has 1 aliphatic rings. The van der Waals surface area contributed by atoms with Crippen LogP contribution in [0.4, 0.5) is 5.95 Å². The number of primary amides is 1. The summed E-state index contributed by atoms with van der Waals surface area (Å²) in [7, 11) is 5.61. The first kappa shape index (κ1) is 22.7. The molecule has 33 heavy (non-hydrogen) atoms. The number of rotatable bonds is 7. The molecule has 172 valence electrons. The highest BCUT2D eigenvalue weighted by Gasteiger charge is 2.26. The Morgan fingerprint density at radius 3 is 2.70 bits per heavy atom. The Labute approximate surface area is 195 Å². The van der Waals surface area contributed by atoms with Crippen molar-refractivity contribution in [2.24, 2.45) is 5.73 Å². The van der Waals surface area contributed by atoms with Gasteiger partial charge in [-0.1, -0.05) is 24.3 Å². The van der Waals surface area contributed by atoms with Crippen LogP contribution in [0.3, 0.4) is 0 Å². The van der Waals surface area contributed by atoms with Crippen LogP contribution in [0.5, 0.6) is 5.75 Å². The van der Waals surface area contributed by atoms with Crippen molar-refractivity contribution in [3.05, 3.63) is 71.5 Å². The third kappa shape index (κ3) is 5.31. The normalized spacial score (nSPS) is 16.4. The quantitative estimate of drug-likeness (QED) is 0.597. The van der Waals surface area contributed by atoms with E-state index in [1.54, 1.807) is 19.2 Å². The summed E-state index contributed by atoms with van der Waals surface area (Å²) in [5.41, 5.74) is 10.2. The average molecular weight is 446 g/mol. The molecule has 1 fully saturated rings. The fourth-order valence-electron chi connectivity index (χ4n) is 4.40. The first-order chi connectivity index (χ1) is 15.9. The zero-order chi connectivity index (χ0) is 23.4. The zero-order valence-corrected chi connectivity index (χ0v) is 19.5. The molecule has 2 aromatic carbocycles. The molecule has 2 heterocycles. The Hall–Kier alpha value is -3.45. The summed E-state index contributed by atoms with van der Waals surface area (Å²) >= 11 is 0. The summed E-state index contributed by atoms with van der Waals surface area (Å²) in [6.45, 7) is 2.86. The van der Waals surface area contributed by atoms with Crippen LogP contribution >= 0.6 is 0 Å². The number of benzene rings is 2. The number of amides is 1. The highest BCUT2D eigenvalue weighted by atomic mass is 16.5. The maximum absolute atomic E-state index is 11.5. The van der Waals surface area contributed by atoms with Gasteiger partial charge in [0.25, 0.3) is 0 Å². The van der Waals surface area contributed by atoms with Crippen molar-refractivity contribution >= 4 is 11.9 Å². The van der Waals surface area contributed by atoms with Crippen molar-refractivity contribution in [2.75, 3.05) is 39.2 Å². The minimum Gasteiger partial charge on any atom is -0.497 e. The number of likely N-dealkylation sites (tertiary alicyclic amines) is 1. The lowest BCUT2D eigenvalue weighted by Gasteiger charge is -2.33. The number of nitrogens with zero attached hydrogens (tertiary/aromatic N) is 4. The maximum atomic E-state index is 11.5. The van der Waals surface area contributed by atoms with Crippen LogP contribution in [-0.4, -0.2) is 55.1 Å². The van der Waals surface area contributed by atoms with E-state index in [0.717, 1.165) is 55.0 Å². The molecule has 0 radical (unpaired) electrons. The topological polar surface area (TPSA) is 84.6 Å². The van der Waals surface area contributed by atoms with Crippen molar-refractivity contribution in [3.8, 4) is 16.9 Å². The third-order valence-corrected chi connectivity index (χ3v) is 6.12. The minimum atomic E-state index is -0.429. The molecule has 3 aromatic rings. The molecule has 0 saturated carbocycles. The summed E-state index contributed by atoms with van der Waals surface area (Å²) in [6, 6.07) is 15.6. The van der Waals surface area contributed by atoms with Crippen molar-refractivity contribution in [1.29, 1.82) is 0 Å². The van der Waals surface area contributed by atoms with Gasteiger partial charge < -0.3 is 15.4 Å². The van der Waals surface area contributed by atoms with Gasteiger partial charge in [0, 0.05) is 50.4 Å². The minimum absolute atomic E-state index is 0.289. The van der Waals surface area contributed by atoms with E-state index in [9.17, 15) is 4.79 Å². The lowest BCUT2D eigenvalue weighted by molar-refractivity contribution is 0.100. The Balaban J connectivity index is 1.63. The molecular formula is C26H31N5O2. The van der Waals surface area contributed by atoms with E-state index < -0.39 is 5.91 Å². The summed E-state index contributed by atoms with van der Waals surface area (Å²) in [5.74, 6) is 1.44. The SMILES string of the molecule is COc1cccc(CN2CCCC(c3nc(N(C)C)ncc3-c3ccc(C(N)=O)cc3)C2)c1. The number of aromatic nitrogens is 2. The van der Waals surface area contributed by atoms with E-state index in [4.69, 9.17) is 15.5 Å². The van der Waals surface area contributed by atoms with Crippen LogP contribution < -0.4 is 15.4 Å². The van der Waals surface area contributed by atoms with E-state index in [0.29, 0.717) is 11.5 Å². The Bertz CT molecular complexity index is 1110. The molecule has 7 nitrogen and oxygen atoms in total. The second-order valence-electron chi connectivity index (χ2n) is 8.73. The fourth-order valence-corrected chi connectivity index (χ4v) is 4.40. The van der Waals surface area contributed by atoms with Gasteiger partial charge in [0.05, 0.1) is 12.8 Å². The first-order valence-corrected chi connectivity index (χ1v) is 11.2. The first-order valence-electron chi connectivity index (χ1n) is 11.2. The summed E-state index contributed by atoms with van der Waals surface area (Å²) in [5, 5.41) is 0. The molecule has 7 heteroatoms. The van der Waals surface area contributed by atoms with E-state index in [2.05, 4.69) is 22.0 Å². The molecule has 0 bridgehead atoms. The Morgan fingerprint density at radius 1 is 1.21 bits per heavy atom. The summed E-state index contributed by atoms with van der Waals surface area (Å²) in [6.07, 6.45) is 4.08. The average Bonchev–Trinajstić information content (AvgIpc) is 2.84. The monoisotopic (exact) mass is 445 g/mol. The van der Waals surface area contributed by atoms with Gasteiger partial charge in [-0.2, -0.15) is 0 Å². The lowest BCUT2D eigenvalue weighted by atomic mass is 9.89. The van der Waals surface area contributed by atoms with Gasteiger partial charge in [0.2, 0.25) is 11.9 Å². The Morgan fingerprint density at radius 2 is 2.00 bits per heavy atom. The van der Waals surface area contributed by atoms with Gasteiger partial charge in [0.15, 0.2) is 0 Å². The molecule has 0 spiro atoms. The second-order valence-corrected chi connectivity index (χ2v) is 8.73. The molecule has 2 N–H and O–H groups in total. The number of methoxy groups -OCH3 is 1. The van der Waals surface area contributed by atoms with Gasteiger partial charge in [-0.3, -0.25) is 9.69 Å². The molecule has 1 amide bonds. The fraction of sp³-hybridized carbons (Fsp3) is 0.346. The lowest BCUT2D eigenvalue weighted by Crippen LogP contribution is -2.34. The van der Waals surface area contributed by atoms with Crippen LogP contribution in [0, 0.1) is 0 Å². The number of piperidine rings is 1. The third-order valence-electron chi connectivity index (χ3n) is 6.12. The number of hydrogen-bond acceptors (Lipinski definition) is 6. The number of anilines is 1. The molecule has 4 rings (SSSR count). The summed E-state index contributed by atoms with van der Waals surface area (Å²) in [4.78, 5) is 25.4. The molecular weight excluding hydrogens is 414 g/mol. The van der Waals surface area contributed by atoms with E-state index >= 15 is 0 Å². The standard InChI is InChI=1S/C26H31N5O2/c1-30(2)26-28-15-23(19-9-11-20(12-10-19)25(27)32)24(29-26)21-7-5-13-31(17-21)16-18-6-4-8-22(14-18)33-3/h4,6,8-12,14-15,21H,5,7,13,16-17H2,1-3H3,(H2,27,32). The number of ether oxygens (including phenoxy) is 1. The predicted molar refractivity (Wildman–Crippen MR) is 131 cm³/mol. The van der Waals surface area contributed by atoms with Crippen LogP contribution in [-0.2, 0) is 6.54 Å². The van der Waals surface area contributed by atoms with Crippen LogP contribution in [0.15, 0.2) is 54.7 Å². The van der Waals surface area contributed by atoms with Gasteiger partial charge in [-0.15, -0.1) is 0 Å². The molecule has 1 aromatic heterocycles. The molecule has 0 aliphatic carbocycles. The van der Waals surface area contributed by atoms with Crippen molar-refractivity contribution in [3.63, 3.8) is 0 Å². The molecule has 1 aliphatic heterocycles. The number of carbonyl (C=O) groups excluding carboxylic acids is 1. The summed E-state index contributed by atoms with van der Waals surface area (Å²) < 4.78 is 5.39. The van der Waals surface area contributed by atoms with Gasteiger partial charge >= 0.3 is 0 Å².